The van der Waals surface area contributed by atoms with Crippen molar-refractivity contribution in [3.8, 4) is 0 Å². The number of pyridine rings is 1. The normalized spacial score (nSPS) is 12.4. The maximum absolute atomic E-state index is 12.2. The molecule has 0 aliphatic heterocycles. The second kappa shape index (κ2) is 6.99. The summed E-state index contributed by atoms with van der Waals surface area (Å²) in [6.07, 6.45) is 2.48. The Morgan fingerprint density at radius 3 is 2.90 bits per heavy atom. The average molecular weight is 288 g/mol. The third-order valence-corrected chi connectivity index (χ3v) is 3.33. The molecule has 2 heterocycles. The number of likely N-dealkylation sites (N-methyl/N-ethyl adjacent to an activating group) is 1. The highest BCUT2D eigenvalue weighted by Gasteiger charge is 2.20. The van der Waals surface area contributed by atoms with E-state index in [4.69, 9.17) is 4.52 Å². The van der Waals surface area contributed by atoms with Crippen LogP contribution in [0.5, 0.6) is 0 Å². The lowest BCUT2D eigenvalue weighted by atomic mass is 10.2. The molecule has 1 amide bonds. The van der Waals surface area contributed by atoms with Crippen LogP contribution < -0.4 is 5.32 Å². The molecule has 0 fully saturated rings. The van der Waals surface area contributed by atoms with E-state index >= 15 is 0 Å². The number of aromatic nitrogens is 2. The van der Waals surface area contributed by atoms with E-state index in [0.717, 1.165) is 17.9 Å². The van der Waals surface area contributed by atoms with Crippen LogP contribution in [0.15, 0.2) is 35.0 Å². The van der Waals surface area contributed by atoms with Gasteiger partial charge in [-0.25, -0.2) is 4.98 Å². The fraction of sp³-hybridized carbons (Fsp3) is 0.400. The number of anilines is 1. The highest BCUT2D eigenvalue weighted by molar-refractivity contribution is 5.93. The van der Waals surface area contributed by atoms with E-state index < -0.39 is 0 Å². The Bertz CT molecular complexity index is 582. The molecule has 2 aromatic rings. The Morgan fingerprint density at radius 2 is 2.29 bits per heavy atom. The van der Waals surface area contributed by atoms with Crippen LogP contribution in [-0.2, 0) is 17.8 Å². The number of hydrogen-bond acceptors (Lipinski definition) is 5. The van der Waals surface area contributed by atoms with Gasteiger partial charge in [0, 0.05) is 12.3 Å². The molecule has 1 N–H and O–H groups in total. The molecular weight excluding hydrogens is 268 g/mol. The first-order valence-electron chi connectivity index (χ1n) is 6.96. The smallest absolute Gasteiger partial charge is 0.242 e. The lowest BCUT2D eigenvalue weighted by molar-refractivity contribution is -0.120. The lowest BCUT2D eigenvalue weighted by Gasteiger charge is -2.22. The molecule has 0 bridgehead atoms. The van der Waals surface area contributed by atoms with E-state index in [1.54, 1.807) is 18.3 Å². The monoisotopic (exact) mass is 288 g/mol. The van der Waals surface area contributed by atoms with E-state index in [9.17, 15) is 4.79 Å². The average Bonchev–Trinajstić information content (AvgIpc) is 2.95. The lowest BCUT2D eigenvalue weighted by Crippen LogP contribution is -2.39. The van der Waals surface area contributed by atoms with Gasteiger partial charge in [-0.05, 0) is 32.5 Å². The van der Waals surface area contributed by atoms with Gasteiger partial charge in [0.1, 0.15) is 5.82 Å². The van der Waals surface area contributed by atoms with Crippen molar-refractivity contribution < 1.29 is 9.32 Å². The molecule has 0 radical (unpaired) electrons. The Hall–Kier alpha value is -2.21. The number of amides is 1. The highest BCUT2D eigenvalue weighted by Crippen LogP contribution is 2.10. The van der Waals surface area contributed by atoms with E-state index in [2.05, 4.69) is 15.5 Å². The van der Waals surface area contributed by atoms with Gasteiger partial charge in [-0.3, -0.25) is 9.69 Å². The molecule has 6 nitrogen and oxygen atoms in total. The molecule has 6 heteroatoms. The van der Waals surface area contributed by atoms with Gasteiger partial charge in [0.15, 0.2) is 5.76 Å². The summed E-state index contributed by atoms with van der Waals surface area (Å²) in [7, 11) is 1.87. The van der Waals surface area contributed by atoms with Crippen LogP contribution in [0.3, 0.4) is 0 Å². The second-order valence-electron chi connectivity index (χ2n) is 4.93. The fourth-order valence-corrected chi connectivity index (χ4v) is 1.85. The summed E-state index contributed by atoms with van der Waals surface area (Å²) in [6, 6.07) is 7.01. The molecule has 2 aromatic heterocycles. The molecular formula is C15H20N4O2. The van der Waals surface area contributed by atoms with Crippen LogP contribution in [0.1, 0.15) is 25.3 Å². The van der Waals surface area contributed by atoms with Crippen molar-refractivity contribution in [3.63, 3.8) is 0 Å². The SMILES string of the molecule is CCc1cc(CN(C)C(C)C(=O)Nc2ccccn2)on1. The summed E-state index contributed by atoms with van der Waals surface area (Å²) >= 11 is 0. The van der Waals surface area contributed by atoms with Crippen molar-refractivity contribution in [2.75, 3.05) is 12.4 Å². The number of nitrogens with one attached hydrogen (secondary N) is 1. The first kappa shape index (κ1) is 15.2. The molecule has 2 rings (SSSR count). The summed E-state index contributed by atoms with van der Waals surface area (Å²) in [6.45, 7) is 4.40. The van der Waals surface area contributed by atoms with Crippen LogP contribution in [0.2, 0.25) is 0 Å². The summed E-state index contributed by atoms with van der Waals surface area (Å²) in [5.74, 6) is 1.20. The summed E-state index contributed by atoms with van der Waals surface area (Å²) < 4.78 is 5.24. The van der Waals surface area contributed by atoms with Crippen molar-refractivity contribution in [2.24, 2.45) is 0 Å². The molecule has 1 atom stereocenters. The molecule has 0 spiro atoms. The predicted molar refractivity (Wildman–Crippen MR) is 79.7 cm³/mol. The Labute approximate surface area is 124 Å². The summed E-state index contributed by atoms with van der Waals surface area (Å²) in [5.41, 5.74) is 0.920. The van der Waals surface area contributed by atoms with Gasteiger partial charge in [0.05, 0.1) is 18.3 Å². The Kier molecular flexibility index (Phi) is 5.05. The number of nitrogens with zero attached hydrogens (tertiary/aromatic N) is 3. The van der Waals surface area contributed by atoms with Crippen LogP contribution >= 0.6 is 0 Å². The van der Waals surface area contributed by atoms with Crippen LogP contribution in [-0.4, -0.2) is 34.0 Å². The molecule has 0 aromatic carbocycles. The van der Waals surface area contributed by atoms with E-state index in [1.807, 2.05) is 37.9 Å². The minimum atomic E-state index is -0.304. The molecule has 0 saturated heterocycles. The zero-order valence-electron chi connectivity index (χ0n) is 12.5. The zero-order chi connectivity index (χ0) is 15.2. The first-order valence-corrected chi connectivity index (χ1v) is 6.96. The largest absolute Gasteiger partial charge is 0.360 e. The van der Waals surface area contributed by atoms with Gasteiger partial charge in [-0.15, -0.1) is 0 Å². The third kappa shape index (κ3) is 4.13. The van der Waals surface area contributed by atoms with E-state index in [0.29, 0.717) is 12.4 Å². The predicted octanol–water partition coefficient (Wildman–Crippen LogP) is 2.09. The van der Waals surface area contributed by atoms with Gasteiger partial charge in [-0.1, -0.05) is 18.1 Å². The molecule has 21 heavy (non-hydrogen) atoms. The first-order chi connectivity index (χ1) is 10.1. The quantitative estimate of drug-likeness (QED) is 0.881. The van der Waals surface area contributed by atoms with Crippen LogP contribution in [0, 0.1) is 0 Å². The van der Waals surface area contributed by atoms with Crippen LogP contribution in [0.4, 0.5) is 5.82 Å². The number of carbonyl (C=O) groups is 1. The number of aryl methyl sites for hydroxylation is 1. The Morgan fingerprint density at radius 1 is 1.48 bits per heavy atom. The van der Waals surface area contributed by atoms with Crippen molar-refractivity contribution in [2.45, 2.75) is 32.9 Å². The van der Waals surface area contributed by atoms with Gasteiger partial charge in [0.25, 0.3) is 0 Å². The summed E-state index contributed by atoms with van der Waals surface area (Å²) in [4.78, 5) is 18.1. The molecule has 0 aliphatic rings. The van der Waals surface area contributed by atoms with Crippen molar-refractivity contribution in [1.82, 2.24) is 15.0 Å². The second-order valence-corrected chi connectivity index (χ2v) is 4.93. The number of carbonyl (C=O) groups excluding carboxylic acids is 1. The molecule has 1 unspecified atom stereocenters. The molecule has 0 aliphatic carbocycles. The van der Waals surface area contributed by atoms with Crippen molar-refractivity contribution >= 4 is 11.7 Å². The maximum Gasteiger partial charge on any atom is 0.242 e. The highest BCUT2D eigenvalue weighted by atomic mass is 16.5. The fourth-order valence-electron chi connectivity index (χ4n) is 1.85. The van der Waals surface area contributed by atoms with Crippen LogP contribution in [0.25, 0.3) is 0 Å². The van der Waals surface area contributed by atoms with Crippen molar-refractivity contribution in [1.29, 1.82) is 0 Å². The zero-order valence-corrected chi connectivity index (χ0v) is 12.5. The standard InChI is InChI=1S/C15H20N4O2/c1-4-12-9-13(21-18-12)10-19(3)11(2)15(20)17-14-7-5-6-8-16-14/h5-9,11H,4,10H2,1-3H3,(H,16,17,20). The number of hydrogen-bond donors (Lipinski definition) is 1. The maximum atomic E-state index is 12.2. The van der Waals surface area contributed by atoms with Crippen molar-refractivity contribution in [3.05, 3.63) is 41.9 Å². The van der Waals surface area contributed by atoms with Gasteiger partial charge >= 0.3 is 0 Å². The Balaban J connectivity index is 1.92. The van der Waals surface area contributed by atoms with E-state index in [-0.39, 0.29) is 11.9 Å². The molecule has 0 saturated carbocycles. The summed E-state index contributed by atoms with van der Waals surface area (Å²) in [5, 5.41) is 6.73. The molecule has 112 valence electrons. The van der Waals surface area contributed by atoms with Gasteiger partial charge in [-0.2, -0.15) is 0 Å². The number of rotatable bonds is 6. The third-order valence-electron chi connectivity index (χ3n) is 3.33. The topological polar surface area (TPSA) is 71.3 Å². The minimum absolute atomic E-state index is 0.105. The van der Waals surface area contributed by atoms with E-state index in [1.165, 1.54) is 0 Å². The van der Waals surface area contributed by atoms with Gasteiger partial charge < -0.3 is 9.84 Å². The minimum Gasteiger partial charge on any atom is -0.360 e. The van der Waals surface area contributed by atoms with Gasteiger partial charge in [0.2, 0.25) is 5.91 Å².